The van der Waals surface area contributed by atoms with E-state index in [1.807, 2.05) is 62.1 Å². The molecule has 380 valence electrons. The fourth-order valence-electron chi connectivity index (χ4n) is 10.7. The number of nitrogens with one attached hydrogen (secondary N) is 3. The number of benzene rings is 2. The molecule has 0 bridgehead atoms. The van der Waals surface area contributed by atoms with Crippen LogP contribution in [0, 0.1) is 16.7 Å². The first kappa shape index (κ1) is 51.0. The first-order valence-corrected chi connectivity index (χ1v) is 25.3. The second-order valence-electron chi connectivity index (χ2n) is 22.3. The third-order valence-corrected chi connectivity index (χ3v) is 14.7. The average molecular weight is 975 g/mol. The predicted molar refractivity (Wildman–Crippen MR) is 268 cm³/mol. The zero-order valence-electron chi connectivity index (χ0n) is 42.1. The van der Waals surface area contributed by atoms with Gasteiger partial charge in [0.25, 0.3) is 11.8 Å². The van der Waals surface area contributed by atoms with Crippen molar-refractivity contribution in [3.8, 4) is 16.9 Å². The number of fused-ring (bicyclic) bond motifs is 1. The lowest BCUT2D eigenvalue weighted by molar-refractivity contribution is -0.137. The Morgan fingerprint density at radius 2 is 1.46 bits per heavy atom. The number of carbonyl (C=O) groups is 7. The predicted octanol–water partition coefficient (Wildman–Crippen LogP) is 6.81. The third kappa shape index (κ3) is 12.6. The Labute approximate surface area is 416 Å². The van der Waals surface area contributed by atoms with Crippen LogP contribution in [0.1, 0.15) is 126 Å². The molecular formula is C54H70N8O9. The number of rotatable bonds is 13. The van der Waals surface area contributed by atoms with Crippen LogP contribution in [0.15, 0.2) is 60.9 Å². The van der Waals surface area contributed by atoms with Gasteiger partial charge in [-0.25, -0.2) is 4.79 Å². The molecule has 7 amide bonds. The van der Waals surface area contributed by atoms with Crippen LogP contribution in [-0.2, 0) is 23.9 Å². The fraction of sp³-hybridized carbons (Fsp3) is 0.556. The number of hydrogen-bond donors (Lipinski definition) is 3. The Bertz CT molecular complexity index is 2490. The zero-order chi connectivity index (χ0) is 50.7. The number of pyridine rings is 1. The summed E-state index contributed by atoms with van der Waals surface area (Å²) in [5.41, 5.74) is 3.01. The smallest absolute Gasteiger partial charge is 0.408 e. The SMILES string of the molecule is CC(C)(C)C[C@@H](NC(=O)OC(C)(C)C)C(=O)Nc1ccc(-c2ccncc2)c(OCCC2CCN(CC(=O)N3CCC4(CC3)CCN(c3ccc5c(c3)C(=O)N(C3CCC(=O)NC3=O)C5=O)CC4)CC2)c1. The molecule has 4 fully saturated rings. The molecule has 1 unspecified atom stereocenters. The molecular weight excluding hydrogens is 905 g/mol. The minimum atomic E-state index is -0.992. The van der Waals surface area contributed by atoms with Crippen molar-refractivity contribution < 1.29 is 43.0 Å². The summed E-state index contributed by atoms with van der Waals surface area (Å²) in [5, 5.41) is 8.02. The normalized spacial score (nSPS) is 20.4. The van der Waals surface area contributed by atoms with Crippen LogP contribution < -0.4 is 25.6 Å². The van der Waals surface area contributed by atoms with E-state index in [2.05, 4.69) is 30.7 Å². The molecule has 6 heterocycles. The van der Waals surface area contributed by atoms with E-state index in [-0.39, 0.29) is 41.0 Å². The number of piperidine rings is 4. The van der Waals surface area contributed by atoms with E-state index in [9.17, 15) is 33.6 Å². The summed E-state index contributed by atoms with van der Waals surface area (Å²) >= 11 is 0. The number of carbonyl (C=O) groups excluding carboxylic acids is 7. The average Bonchev–Trinajstić information content (AvgIpc) is 3.56. The summed E-state index contributed by atoms with van der Waals surface area (Å²) in [6.45, 7) is 17.1. The van der Waals surface area contributed by atoms with Gasteiger partial charge in [0.05, 0.1) is 24.3 Å². The van der Waals surface area contributed by atoms with Gasteiger partial charge >= 0.3 is 6.09 Å². The van der Waals surface area contributed by atoms with E-state index in [1.54, 1.807) is 45.3 Å². The first-order chi connectivity index (χ1) is 33.7. The summed E-state index contributed by atoms with van der Waals surface area (Å²) in [6.07, 6.45) is 10.1. The molecule has 0 radical (unpaired) electrons. The largest absolute Gasteiger partial charge is 0.493 e. The van der Waals surface area contributed by atoms with Crippen molar-refractivity contribution in [1.29, 1.82) is 0 Å². The van der Waals surface area contributed by atoms with Crippen molar-refractivity contribution in [2.75, 3.05) is 62.6 Å². The van der Waals surface area contributed by atoms with Crippen molar-refractivity contribution in [3.63, 3.8) is 0 Å². The first-order valence-electron chi connectivity index (χ1n) is 25.3. The van der Waals surface area contributed by atoms with E-state index in [1.165, 1.54) is 0 Å². The topological polar surface area (TPSA) is 200 Å². The second-order valence-corrected chi connectivity index (χ2v) is 22.3. The van der Waals surface area contributed by atoms with Crippen LogP contribution in [0.3, 0.4) is 0 Å². The van der Waals surface area contributed by atoms with Crippen LogP contribution in [-0.4, -0.2) is 131 Å². The third-order valence-electron chi connectivity index (χ3n) is 14.7. The molecule has 1 spiro atoms. The van der Waals surface area contributed by atoms with E-state index >= 15 is 0 Å². The highest BCUT2D eigenvalue weighted by Crippen LogP contribution is 2.43. The zero-order valence-corrected chi connectivity index (χ0v) is 42.1. The van der Waals surface area contributed by atoms with Gasteiger partial charge in [-0.15, -0.1) is 0 Å². The summed E-state index contributed by atoms with van der Waals surface area (Å²) in [7, 11) is 0. The van der Waals surface area contributed by atoms with Crippen LogP contribution in [0.5, 0.6) is 5.75 Å². The molecule has 8 rings (SSSR count). The number of hydrogen-bond acceptors (Lipinski definition) is 12. The molecule has 17 heteroatoms. The van der Waals surface area contributed by atoms with Gasteiger partial charge in [0.15, 0.2) is 0 Å². The number of nitrogens with zero attached hydrogens (tertiary/aromatic N) is 5. The van der Waals surface area contributed by atoms with Crippen LogP contribution in [0.25, 0.3) is 11.1 Å². The number of imide groups is 2. The van der Waals surface area contributed by atoms with Crippen molar-refractivity contribution in [2.45, 2.75) is 123 Å². The van der Waals surface area contributed by atoms with E-state index < -0.39 is 47.4 Å². The van der Waals surface area contributed by atoms with Crippen LogP contribution >= 0.6 is 0 Å². The van der Waals surface area contributed by atoms with Gasteiger partial charge < -0.3 is 29.9 Å². The van der Waals surface area contributed by atoms with E-state index in [0.29, 0.717) is 42.5 Å². The summed E-state index contributed by atoms with van der Waals surface area (Å²) in [4.78, 5) is 103. The number of alkyl carbamates (subject to hydrolysis) is 1. The maximum absolute atomic E-state index is 13.7. The monoisotopic (exact) mass is 975 g/mol. The van der Waals surface area contributed by atoms with E-state index in [0.717, 1.165) is 106 Å². The highest BCUT2D eigenvalue weighted by Gasteiger charge is 2.45. The molecule has 4 saturated heterocycles. The lowest BCUT2D eigenvalue weighted by Gasteiger charge is -2.47. The van der Waals surface area contributed by atoms with Crippen molar-refractivity contribution in [2.24, 2.45) is 16.7 Å². The number of likely N-dealkylation sites (tertiary alicyclic amines) is 2. The number of aromatic nitrogens is 1. The summed E-state index contributed by atoms with van der Waals surface area (Å²) in [6, 6.07) is 12.9. The quantitative estimate of drug-likeness (QED) is 0.152. The molecule has 3 N–H and O–H groups in total. The van der Waals surface area contributed by atoms with Crippen LogP contribution in [0.4, 0.5) is 16.2 Å². The molecule has 17 nitrogen and oxygen atoms in total. The number of anilines is 2. The van der Waals surface area contributed by atoms with Gasteiger partial charge in [0.1, 0.15) is 23.4 Å². The van der Waals surface area contributed by atoms with Gasteiger partial charge in [-0.3, -0.25) is 48.9 Å². The molecule has 1 aromatic heterocycles. The highest BCUT2D eigenvalue weighted by molar-refractivity contribution is 6.23. The number of ether oxygens (including phenoxy) is 2. The molecule has 0 aliphatic carbocycles. The molecule has 5 aliphatic heterocycles. The highest BCUT2D eigenvalue weighted by atomic mass is 16.6. The Hall–Kier alpha value is -6.36. The molecule has 0 saturated carbocycles. The summed E-state index contributed by atoms with van der Waals surface area (Å²) in [5.74, 6) is -1.11. The molecule has 5 aliphatic rings. The lowest BCUT2D eigenvalue weighted by atomic mass is 9.71. The lowest BCUT2D eigenvalue weighted by Crippen LogP contribution is -2.54. The van der Waals surface area contributed by atoms with Crippen molar-refractivity contribution in [3.05, 3.63) is 72.1 Å². The standard InChI is InChI=1S/C54H70N8O9/c1-52(2,3)33-42(57-51(69)71-53(4,5)6)47(65)56-37-7-9-39(36-13-22-55-23-14-36)44(31-37)70-30-17-35-15-24-59(25-16-35)34-46(64)61-28-20-54(21-29-61)18-26-60(27-19-54)38-8-10-40-41(32-38)50(68)62(49(40)67)43-11-12-45(63)58-48(43)66/h7-10,13-14,22-23,31-32,35,42-43H,11-12,15-21,24-30,33-34H2,1-6H3,(H,56,65)(H,57,69)(H,58,63,66)/t42-,43?/m1/s1. The Balaban J connectivity index is 0.780. The maximum Gasteiger partial charge on any atom is 0.408 e. The van der Waals surface area contributed by atoms with Gasteiger partial charge in [-0.05, 0) is 156 Å². The van der Waals surface area contributed by atoms with Gasteiger partial charge in [-0.2, -0.15) is 0 Å². The molecule has 2 atom stereocenters. The second kappa shape index (κ2) is 21.2. The van der Waals surface area contributed by atoms with Gasteiger partial charge in [0.2, 0.25) is 23.6 Å². The maximum atomic E-state index is 13.7. The fourth-order valence-corrected chi connectivity index (χ4v) is 10.7. The molecule has 71 heavy (non-hydrogen) atoms. The Morgan fingerprint density at radius 3 is 2.13 bits per heavy atom. The summed E-state index contributed by atoms with van der Waals surface area (Å²) < 4.78 is 12.0. The van der Waals surface area contributed by atoms with Crippen molar-refractivity contribution >= 4 is 52.9 Å². The minimum absolute atomic E-state index is 0.0782. The van der Waals surface area contributed by atoms with Crippen molar-refractivity contribution in [1.82, 2.24) is 30.3 Å². The number of amides is 7. The molecule has 3 aromatic rings. The van der Waals surface area contributed by atoms with E-state index in [4.69, 9.17) is 9.47 Å². The molecule has 2 aromatic carbocycles. The van der Waals surface area contributed by atoms with Crippen LogP contribution in [0.2, 0.25) is 0 Å². The Morgan fingerprint density at radius 1 is 0.803 bits per heavy atom. The van der Waals surface area contributed by atoms with Gasteiger partial charge in [-0.1, -0.05) is 20.8 Å². The Kier molecular flexibility index (Phi) is 15.2. The van der Waals surface area contributed by atoms with Gasteiger partial charge in [0, 0.05) is 68.0 Å². The minimum Gasteiger partial charge on any atom is -0.493 e.